The largest absolute Gasteiger partial charge is 0.484 e. The van der Waals surface area contributed by atoms with Gasteiger partial charge < -0.3 is 15.0 Å². The molecule has 0 radical (unpaired) electrons. The van der Waals surface area contributed by atoms with Crippen molar-refractivity contribution in [3.63, 3.8) is 0 Å². The quantitative estimate of drug-likeness (QED) is 0.374. The Hall–Kier alpha value is -1.51. The molecule has 0 unspecified atom stereocenters. The lowest BCUT2D eigenvalue weighted by Crippen LogP contribution is -2.52. The van der Waals surface area contributed by atoms with Crippen LogP contribution in [0.5, 0.6) is 5.75 Å². The molecule has 172 valence electrons. The van der Waals surface area contributed by atoms with Crippen LogP contribution in [0.3, 0.4) is 0 Å². The molecule has 1 saturated carbocycles. The van der Waals surface area contributed by atoms with E-state index in [9.17, 15) is 9.59 Å². The number of nitrogens with zero attached hydrogens (tertiary/aromatic N) is 1. The van der Waals surface area contributed by atoms with E-state index in [-0.39, 0.29) is 31.0 Å². The number of halogens is 3. The minimum atomic E-state index is -0.599. The second-order valence-electron chi connectivity index (χ2n) is 7.93. The van der Waals surface area contributed by atoms with Crippen LogP contribution in [-0.2, 0) is 16.1 Å². The van der Waals surface area contributed by atoms with Gasteiger partial charge >= 0.3 is 0 Å². The summed E-state index contributed by atoms with van der Waals surface area (Å²) in [5.41, 5.74) is 0.800. The van der Waals surface area contributed by atoms with Gasteiger partial charge in [-0.05, 0) is 83.8 Å². The molecule has 1 aliphatic carbocycles. The van der Waals surface area contributed by atoms with Gasteiger partial charge in [0.2, 0.25) is 5.91 Å². The summed E-state index contributed by atoms with van der Waals surface area (Å²) in [4.78, 5) is 27.9. The molecular formula is C24H27Cl2IN2O3. The summed E-state index contributed by atoms with van der Waals surface area (Å²) in [6.45, 7) is 1.99. The molecule has 1 aliphatic rings. The molecule has 2 amide bonds. The smallest absolute Gasteiger partial charge is 0.261 e. The lowest BCUT2D eigenvalue weighted by molar-refractivity contribution is -0.143. The molecule has 8 heteroatoms. The highest BCUT2D eigenvalue weighted by Gasteiger charge is 2.31. The summed E-state index contributed by atoms with van der Waals surface area (Å²) in [7, 11) is 0. The van der Waals surface area contributed by atoms with Crippen LogP contribution in [-0.4, -0.2) is 35.4 Å². The van der Waals surface area contributed by atoms with Crippen LogP contribution in [0.1, 0.15) is 44.6 Å². The predicted molar refractivity (Wildman–Crippen MR) is 136 cm³/mol. The summed E-state index contributed by atoms with van der Waals surface area (Å²) < 4.78 is 6.80. The number of ether oxygens (including phenoxy) is 1. The van der Waals surface area contributed by atoms with Gasteiger partial charge in [0.05, 0.1) is 10.0 Å². The van der Waals surface area contributed by atoms with E-state index in [2.05, 4.69) is 27.9 Å². The fraction of sp³-hybridized carbons (Fsp3) is 0.417. The molecule has 2 aromatic rings. The molecule has 0 heterocycles. The molecule has 0 spiro atoms. The van der Waals surface area contributed by atoms with E-state index < -0.39 is 6.04 Å². The Balaban J connectivity index is 1.77. The first-order valence-electron chi connectivity index (χ1n) is 10.8. The van der Waals surface area contributed by atoms with E-state index in [1.165, 1.54) is 0 Å². The van der Waals surface area contributed by atoms with Crippen LogP contribution in [0.4, 0.5) is 0 Å². The van der Waals surface area contributed by atoms with Crippen LogP contribution >= 0.6 is 45.8 Å². The van der Waals surface area contributed by atoms with Crippen molar-refractivity contribution in [2.24, 2.45) is 0 Å². The highest BCUT2D eigenvalue weighted by Crippen LogP contribution is 2.25. The van der Waals surface area contributed by atoms with Crippen molar-refractivity contribution in [1.82, 2.24) is 10.2 Å². The maximum absolute atomic E-state index is 13.2. The number of hydrogen-bond donors (Lipinski definition) is 1. The van der Waals surface area contributed by atoms with E-state index in [4.69, 9.17) is 27.9 Å². The average molecular weight is 589 g/mol. The number of rotatable bonds is 9. The number of nitrogens with one attached hydrogen (secondary N) is 1. The first-order chi connectivity index (χ1) is 15.4. The standard InChI is InChI=1S/C24H27Cl2IN2O3/c1-2-22(24(31)28-18-5-3-4-6-18)29(14-16-7-12-20(25)21(26)13-16)23(30)15-32-19-10-8-17(27)9-11-19/h7-13,18,22H,2-6,14-15H2,1H3,(H,28,31)/t22-/m0/s1. The minimum Gasteiger partial charge on any atom is -0.484 e. The van der Waals surface area contributed by atoms with Crippen molar-refractivity contribution in [3.8, 4) is 5.75 Å². The number of carbonyl (C=O) groups is 2. The summed E-state index contributed by atoms with van der Waals surface area (Å²) >= 11 is 14.4. The molecule has 3 rings (SSSR count). The van der Waals surface area contributed by atoms with Gasteiger partial charge in [0.15, 0.2) is 6.61 Å². The lowest BCUT2D eigenvalue weighted by Gasteiger charge is -2.31. The van der Waals surface area contributed by atoms with Gasteiger partial charge in [0.25, 0.3) is 5.91 Å². The van der Waals surface area contributed by atoms with E-state index in [0.717, 1.165) is 34.8 Å². The lowest BCUT2D eigenvalue weighted by atomic mass is 10.1. The Labute approximate surface area is 212 Å². The van der Waals surface area contributed by atoms with Gasteiger partial charge in [0, 0.05) is 16.2 Å². The maximum Gasteiger partial charge on any atom is 0.261 e. The van der Waals surface area contributed by atoms with Crippen molar-refractivity contribution in [1.29, 1.82) is 0 Å². The summed E-state index contributed by atoms with van der Waals surface area (Å²) in [5.74, 6) is 0.224. The zero-order valence-electron chi connectivity index (χ0n) is 18.0. The molecule has 0 bridgehead atoms. The van der Waals surface area contributed by atoms with Gasteiger partial charge in [-0.1, -0.05) is 49.0 Å². The number of hydrogen-bond acceptors (Lipinski definition) is 3. The van der Waals surface area contributed by atoms with Crippen molar-refractivity contribution in [2.75, 3.05) is 6.61 Å². The molecule has 1 N–H and O–H groups in total. The van der Waals surface area contributed by atoms with E-state index in [1.54, 1.807) is 17.0 Å². The summed E-state index contributed by atoms with van der Waals surface area (Å²) in [6.07, 6.45) is 4.71. The van der Waals surface area contributed by atoms with Crippen molar-refractivity contribution >= 4 is 57.6 Å². The molecule has 32 heavy (non-hydrogen) atoms. The van der Waals surface area contributed by atoms with Gasteiger partial charge in [-0.25, -0.2) is 0 Å². The van der Waals surface area contributed by atoms with Crippen molar-refractivity contribution in [2.45, 2.75) is 57.7 Å². The number of carbonyl (C=O) groups excluding carboxylic acids is 2. The van der Waals surface area contributed by atoms with Crippen LogP contribution in [0.25, 0.3) is 0 Å². The second kappa shape index (κ2) is 12.1. The average Bonchev–Trinajstić information content (AvgIpc) is 3.28. The Morgan fingerprint density at radius 1 is 1.12 bits per heavy atom. The second-order valence-corrected chi connectivity index (χ2v) is 9.99. The first-order valence-corrected chi connectivity index (χ1v) is 12.6. The Bertz CT molecular complexity index is 933. The van der Waals surface area contributed by atoms with Crippen LogP contribution in [0.15, 0.2) is 42.5 Å². The third-order valence-corrected chi connectivity index (χ3v) is 7.06. The fourth-order valence-electron chi connectivity index (χ4n) is 3.88. The normalized spacial score (nSPS) is 14.8. The molecule has 1 atom stereocenters. The van der Waals surface area contributed by atoms with Gasteiger partial charge in [-0.3, -0.25) is 9.59 Å². The molecule has 0 aliphatic heterocycles. The third kappa shape index (κ3) is 6.99. The fourth-order valence-corrected chi connectivity index (χ4v) is 4.56. The van der Waals surface area contributed by atoms with E-state index >= 15 is 0 Å². The Morgan fingerprint density at radius 2 is 1.81 bits per heavy atom. The van der Waals surface area contributed by atoms with E-state index in [0.29, 0.717) is 22.2 Å². The van der Waals surface area contributed by atoms with Crippen molar-refractivity contribution < 1.29 is 14.3 Å². The minimum absolute atomic E-state index is 0.123. The highest BCUT2D eigenvalue weighted by atomic mass is 127. The highest BCUT2D eigenvalue weighted by molar-refractivity contribution is 14.1. The monoisotopic (exact) mass is 588 g/mol. The molecule has 0 saturated heterocycles. The van der Waals surface area contributed by atoms with Gasteiger partial charge in [0.1, 0.15) is 11.8 Å². The zero-order chi connectivity index (χ0) is 23.1. The Kier molecular flexibility index (Phi) is 9.49. The first kappa shape index (κ1) is 25.1. The number of benzene rings is 2. The molecule has 2 aromatic carbocycles. The van der Waals surface area contributed by atoms with Crippen LogP contribution in [0.2, 0.25) is 10.0 Å². The van der Waals surface area contributed by atoms with Crippen molar-refractivity contribution in [3.05, 3.63) is 61.6 Å². The third-order valence-electron chi connectivity index (χ3n) is 5.60. The maximum atomic E-state index is 13.2. The Morgan fingerprint density at radius 3 is 2.44 bits per heavy atom. The summed E-state index contributed by atoms with van der Waals surface area (Å²) in [5, 5.41) is 3.99. The SMILES string of the molecule is CC[C@@H](C(=O)NC1CCCC1)N(Cc1ccc(Cl)c(Cl)c1)C(=O)COc1ccc(I)cc1. The molecular weight excluding hydrogens is 562 g/mol. The summed E-state index contributed by atoms with van der Waals surface area (Å²) in [6, 6.07) is 12.3. The topological polar surface area (TPSA) is 58.6 Å². The van der Waals surface area contributed by atoms with Gasteiger partial charge in [-0.15, -0.1) is 0 Å². The molecule has 1 fully saturated rings. The number of amides is 2. The zero-order valence-corrected chi connectivity index (χ0v) is 21.6. The van der Waals surface area contributed by atoms with Gasteiger partial charge in [-0.2, -0.15) is 0 Å². The molecule has 0 aromatic heterocycles. The van der Waals surface area contributed by atoms with Crippen LogP contribution in [0, 0.1) is 3.57 Å². The van der Waals surface area contributed by atoms with Crippen LogP contribution < -0.4 is 10.1 Å². The van der Waals surface area contributed by atoms with E-state index in [1.807, 2.05) is 37.3 Å². The predicted octanol–water partition coefficient (Wildman–Crippen LogP) is 5.84. The molecule has 5 nitrogen and oxygen atoms in total.